The van der Waals surface area contributed by atoms with Gasteiger partial charge in [-0.05, 0) is 100 Å². The Morgan fingerprint density at radius 2 is 0.828 bits per heavy atom. The molecule has 2 aliphatic rings. The molecule has 0 saturated carbocycles. The summed E-state index contributed by atoms with van der Waals surface area (Å²) in [5.41, 5.74) is 12.8. The van der Waals surface area contributed by atoms with Crippen molar-refractivity contribution in [3.05, 3.63) is 211 Å². The second-order valence-electron chi connectivity index (χ2n) is 15.2. The first kappa shape index (κ1) is 31.9. The Labute approximate surface area is 337 Å². The Kier molecular flexibility index (Phi) is 6.52. The first-order valence-corrected chi connectivity index (χ1v) is 20.4. The number of aromatic nitrogens is 5. The van der Waals surface area contributed by atoms with Crippen LogP contribution in [0, 0.1) is 0 Å². The lowest BCUT2D eigenvalue weighted by Gasteiger charge is -2.39. The van der Waals surface area contributed by atoms with Crippen LogP contribution in [-0.4, -0.2) is 24.1 Å². The number of hydrogen-bond acceptors (Lipinski definition) is 4. The molecule has 6 heterocycles. The highest BCUT2D eigenvalue weighted by atomic mass is 32.2. The molecule has 270 valence electrons. The van der Waals surface area contributed by atoms with Crippen molar-refractivity contribution >= 4 is 55.4 Å². The number of nitrogens with zero attached hydrogens (tertiary/aromatic N) is 5. The molecular formula is C52H31N5S. The number of pyridine rings is 3. The predicted molar refractivity (Wildman–Crippen MR) is 235 cm³/mol. The van der Waals surface area contributed by atoms with Crippen molar-refractivity contribution < 1.29 is 0 Å². The van der Waals surface area contributed by atoms with Gasteiger partial charge in [0.25, 0.3) is 0 Å². The van der Waals surface area contributed by atoms with Gasteiger partial charge in [0.05, 0.1) is 38.9 Å². The van der Waals surface area contributed by atoms with Gasteiger partial charge in [-0.15, -0.1) is 0 Å². The fraction of sp³-hybridized carbons (Fsp3) is 0.0192. The van der Waals surface area contributed by atoms with Crippen LogP contribution in [0.15, 0.2) is 198 Å². The third kappa shape index (κ3) is 4.19. The van der Waals surface area contributed by atoms with E-state index >= 15 is 0 Å². The largest absolute Gasteiger partial charge is 0.294 e. The molecule has 0 bridgehead atoms. The van der Waals surface area contributed by atoms with Gasteiger partial charge in [0.2, 0.25) is 0 Å². The molecule has 1 aliphatic carbocycles. The molecule has 0 saturated heterocycles. The van der Waals surface area contributed by atoms with Gasteiger partial charge < -0.3 is 0 Å². The first-order valence-electron chi connectivity index (χ1n) is 19.6. The van der Waals surface area contributed by atoms with E-state index in [0.717, 1.165) is 56.2 Å². The highest BCUT2D eigenvalue weighted by molar-refractivity contribution is 7.99. The summed E-state index contributed by atoms with van der Waals surface area (Å²) in [7, 11) is 0. The Bertz CT molecular complexity index is 3240. The van der Waals surface area contributed by atoms with Crippen LogP contribution in [-0.2, 0) is 5.41 Å². The third-order valence-corrected chi connectivity index (χ3v) is 13.4. The molecule has 0 radical (unpaired) electrons. The smallest absolute Gasteiger partial charge is 0.140 e. The molecule has 0 unspecified atom stereocenters. The van der Waals surface area contributed by atoms with Gasteiger partial charge in [0.1, 0.15) is 11.6 Å². The minimum Gasteiger partial charge on any atom is -0.294 e. The quantitative estimate of drug-likeness (QED) is 0.180. The molecule has 0 N–H and O–H groups in total. The molecule has 13 rings (SSSR count). The average Bonchev–Trinajstić information content (AvgIpc) is 3.91. The number of fused-ring (bicyclic) bond motifs is 15. The topological polar surface area (TPSA) is 48.5 Å². The maximum absolute atomic E-state index is 5.60. The predicted octanol–water partition coefficient (Wildman–Crippen LogP) is 12.6. The first-order chi connectivity index (χ1) is 28.8. The van der Waals surface area contributed by atoms with E-state index in [1.54, 1.807) is 0 Å². The van der Waals surface area contributed by atoms with Crippen molar-refractivity contribution in [1.82, 2.24) is 24.1 Å². The second-order valence-corrected chi connectivity index (χ2v) is 16.3. The van der Waals surface area contributed by atoms with Crippen LogP contribution >= 0.6 is 11.8 Å². The lowest BCUT2D eigenvalue weighted by Crippen LogP contribution is -2.32. The van der Waals surface area contributed by atoms with E-state index in [1.165, 1.54) is 53.6 Å². The van der Waals surface area contributed by atoms with Crippen LogP contribution in [0.3, 0.4) is 0 Å². The number of para-hydroxylation sites is 4. The minimum absolute atomic E-state index is 0.585. The summed E-state index contributed by atoms with van der Waals surface area (Å²) in [5.74, 6) is 1.73. The van der Waals surface area contributed by atoms with Crippen molar-refractivity contribution in [2.45, 2.75) is 15.2 Å². The summed E-state index contributed by atoms with van der Waals surface area (Å²) >= 11 is 1.84. The van der Waals surface area contributed by atoms with E-state index in [0.29, 0.717) is 0 Å². The standard InChI is InChI=1S/C52H31N5S/c1-6-20-42-34(13-1)35-14-2-7-21-43(35)56(42)48-30-33(31-49(55-48)57-44-22-8-3-15-36(44)37-16-4-9-23-45(37)57)32-25-26-47-41(29-32)52(38-17-5-10-24-46(38)58-47)39-18-11-27-53-50(39)51-40(52)19-12-28-54-51/h1-31H. The molecule has 5 nitrogen and oxygen atoms in total. The number of benzene rings is 6. The fourth-order valence-electron chi connectivity index (χ4n) is 9.98. The van der Waals surface area contributed by atoms with E-state index < -0.39 is 5.41 Å². The monoisotopic (exact) mass is 757 g/mol. The van der Waals surface area contributed by atoms with E-state index in [1.807, 2.05) is 24.2 Å². The molecule has 0 amide bonds. The minimum atomic E-state index is -0.585. The molecule has 58 heavy (non-hydrogen) atoms. The lowest BCUT2D eigenvalue weighted by molar-refractivity contribution is 0.720. The van der Waals surface area contributed by atoms with Crippen molar-refractivity contribution in [2.75, 3.05) is 0 Å². The highest BCUT2D eigenvalue weighted by Crippen LogP contribution is 2.61. The van der Waals surface area contributed by atoms with Gasteiger partial charge >= 0.3 is 0 Å². The Hall–Kier alpha value is -7.28. The normalized spacial score (nSPS) is 13.6. The van der Waals surface area contributed by atoms with Gasteiger partial charge in [-0.2, -0.15) is 0 Å². The summed E-state index contributed by atoms with van der Waals surface area (Å²) in [6, 6.07) is 63.7. The Balaban J connectivity index is 1.13. The van der Waals surface area contributed by atoms with Crippen molar-refractivity contribution in [2.24, 2.45) is 0 Å². The molecule has 6 aromatic carbocycles. The molecule has 11 aromatic rings. The van der Waals surface area contributed by atoms with Gasteiger partial charge in [-0.25, -0.2) is 4.98 Å². The van der Waals surface area contributed by atoms with Crippen LogP contribution in [0.5, 0.6) is 0 Å². The summed E-state index contributed by atoms with van der Waals surface area (Å²) in [6.45, 7) is 0. The van der Waals surface area contributed by atoms with E-state index in [2.05, 4.69) is 185 Å². The second kappa shape index (κ2) is 11.9. The zero-order valence-corrected chi connectivity index (χ0v) is 31.9. The molecular weight excluding hydrogens is 727 g/mol. The van der Waals surface area contributed by atoms with Crippen molar-refractivity contribution in [1.29, 1.82) is 0 Å². The zero-order valence-electron chi connectivity index (χ0n) is 31.0. The molecule has 5 aromatic heterocycles. The van der Waals surface area contributed by atoms with Crippen LogP contribution in [0.4, 0.5) is 0 Å². The van der Waals surface area contributed by atoms with Crippen molar-refractivity contribution in [3.63, 3.8) is 0 Å². The van der Waals surface area contributed by atoms with Gasteiger partial charge in [-0.1, -0.05) is 121 Å². The van der Waals surface area contributed by atoms with Gasteiger partial charge in [0.15, 0.2) is 0 Å². The van der Waals surface area contributed by atoms with Gasteiger partial charge in [-0.3, -0.25) is 19.1 Å². The summed E-state index contributed by atoms with van der Waals surface area (Å²) < 4.78 is 4.66. The SMILES string of the molecule is c1ccc2c(c1)Sc1ccc(-c3cc(-n4c5ccccc5c5ccccc54)nc(-n4c5ccccc5c5ccccc54)c3)cc1C21c2cccnc2-c2ncccc21. The highest BCUT2D eigenvalue weighted by Gasteiger charge is 2.51. The summed E-state index contributed by atoms with van der Waals surface area (Å²) in [6.07, 6.45) is 3.78. The molecule has 6 heteroatoms. The van der Waals surface area contributed by atoms with Crippen LogP contribution in [0.2, 0.25) is 0 Å². The van der Waals surface area contributed by atoms with Crippen LogP contribution in [0.25, 0.3) is 77.8 Å². The Morgan fingerprint density at radius 1 is 0.379 bits per heavy atom. The number of hydrogen-bond donors (Lipinski definition) is 0. The molecule has 1 aliphatic heterocycles. The summed E-state index contributed by atoms with van der Waals surface area (Å²) in [5, 5.41) is 4.82. The van der Waals surface area contributed by atoms with E-state index in [-0.39, 0.29) is 0 Å². The van der Waals surface area contributed by atoms with Crippen LogP contribution < -0.4 is 0 Å². The average molecular weight is 758 g/mol. The zero-order chi connectivity index (χ0) is 38.0. The molecule has 1 spiro atoms. The molecule has 0 atom stereocenters. The lowest BCUT2D eigenvalue weighted by atomic mass is 9.67. The Morgan fingerprint density at radius 3 is 1.36 bits per heavy atom. The maximum Gasteiger partial charge on any atom is 0.140 e. The fourth-order valence-corrected chi connectivity index (χ4v) is 11.1. The maximum atomic E-state index is 5.60. The van der Waals surface area contributed by atoms with Gasteiger partial charge in [0, 0.05) is 43.7 Å². The van der Waals surface area contributed by atoms with Crippen LogP contribution in [0.1, 0.15) is 22.3 Å². The molecule has 0 fully saturated rings. The van der Waals surface area contributed by atoms with Crippen molar-refractivity contribution in [3.8, 4) is 34.2 Å². The summed E-state index contributed by atoms with van der Waals surface area (Å²) in [4.78, 5) is 18.0. The third-order valence-electron chi connectivity index (χ3n) is 12.3. The van der Waals surface area contributed by atoms with E-state index in [9.17, 15) is 0 Å². The van der Waals surface area contributed by atoms with E-state index in [4.69, 9.17) is 15.0 Å². The number of rotatable bonds is 3.